The van der Waals surface area contributed by atoms with Crippen molar-refractivity contribution in [3.63, 3.8) is 0 Å². The highest BCUT2D eigenvalue weighted by molar-refractivity contribution is 6.00. The summed E-state index contributed by atoms with van der Waals surface area (Å²) in [5, 5.41) is 6.17. The lowest BCUT2D eigenvalue weighted by Crippen LogP contribution is -2.30. The second-order valence-electron chi connectivity index (χ2n) is 7.01. The largest absolute Gasteiger partial charge is 0.474 e. The number of alkyl halides is 3. The minimum absolute atomic E-state index is 0.0258. The highest BCUT2D eigenvalue weighted by atomic mass is 19.4. The van der Waals surface area contributed by atoms with Gasteiger partial charge >= 0.3 is 12.2 Å². The third-order valence-electron chi connectivity index (χ3n) is 4.89. The lowest BCUT2D eigenvalue weighted by molar-refractivity contribution is -0.141. The van der Waals surface area contributed by atoms with Gasteiger partial charge in [-0.1, -0.05) is 6.07 Å². The van der Waals surface area contributed by atoms with Crippen molar-refractivity contribution < 1.29 is 22.7 Å². The molecule has 2 N–H and O–H groups in total. The van der Waals surface area contributed by atoms with Crippen molar-refractivity contribution in [2.24, 2.45) is 0 Å². The van der Waals surface area contributed by atoms with E-state index < -0.39 is 17.9 Å². The smallest absolute Gasteiger partial charge is 0.433 e. The Morgan fingerprint density at radius 1 is 1.13 bits per heavy atom. The summed E-state index contributed by atoms with van der Waals surface area (Å²) in [5.41, 5.74) is 0.672. The van der Waals surface area contributed by atoms with Gasteiger partial charge in [0, 0.05) is 23.7 Å². The zero-order chi connectivity index (χ0) is 21.1. The summed E-state index contributed by atoms with van der Waals surface area (Å²) in [6, 6.07) is 10.6. The number of rotatable bonds is 5. The number of amides is 2. The van der Waals surface area contributed by atoms with E-state index in [4.69, 9.17) is 4.74 Å². The fraction of sp³-hybridized carbons (Fsp3) is 0.286. The van der Waals surface area contributed by atoms with E-state index in [-0.39, 0.29) is 18.5 Å². The van der Waals surface area contributed by atoms with Crippen molar-refractivity contribution in [3.8, 4) is 5.88 Å². The number of hydrogen-bond donors (Lipinski definition) is 2. The quantitative estimate of drug-likeness (QED) is 0.620. The minimum atomic E-state index is -4.57. The van der Waals surface area contributed by atoms with E-state index in [0.717, 1.165) is 36.2 Å². The molecule has 1 aliphatic rings. The van der Waals surface area contributed by atoms with Crippen LogP contribution in [0.15, 0.2) is 48.7 Å². The molecule has 6 nitrogen and oxygen atoms in total. The zero-order valence-electron chi connectivity index (χ0n) is 15.9. The lowest BCUT2D eigenvalue weighted by atomic mass is 9.96. The predicted octanol–water partition coefficient (Wildman–Crippen LogP) is 4.90. The first-order valence-corrected chi connectivity index (χ1v) is 9.52. The van der Waals surface area contributed by atoms with Gasteiger partial charge in [-0.3, -0.25) is 4.98 Å². The molecule has 30 heavy (non-hydrogen) atoms. The van der Waals surface area contributed by atoms with Gasteiger partial charge in [-0.2, -0.15) is 13.2 Å². The molecule has 4 rings (SSSR count). The number of urea groups is 1. The van der Waals surface area contributed by atoms with Crippen molar-refractivity contribution >= 4 is 22.6 Å². The van der Waals surface area contributed by atoms with Gasteiger partial charge < -0.3 is 15.4 Å². The van der Waals surface area contributed by atoms with E-state index in [0.29, 0.717) is 11.3 Å². The van der Waals surface area contributed by atoms with E-state index in [2.05, 4.69) is 20.6 Å². The third kappa shape index (κ3) is 4.45. The van der Waals surface area contributed by atoms with Crippen LogP contribution in [0.2, 0.25) is 0 Å². The number of halogens is 3. The summed E-state index contributed by atoms with van der Waals surface area (Å²) in [4.78, 5) is 20.2. The van der Waals surface area contributed by atoms with Crippen LogP contribution in [0, 0.1) is 0 Å². The first kappa shape index (κ1) is 19.9. The standard InChI is InChI=1S/C21H19F3N4O2/c22-21(23,24)18-10-9-13(19(28-18)30-14-4-1-5-14)12-26-20(29)27-17-8-2-7-16-15(17)6-3-11-25-16/h2-3,6-11,14H,1,4-5,12H2,(H2,26,27,29). The van der Waals surface area contributed by atoms with Crippen LogP contribution >= 0.6 is 0 Å². The maximum Gasteiger partial charge on any atom is 0.433 e. The van der Waals surface area contributed by atoms with E-state index >= 15 is 0 Å². The number of hydrogen-bond acceptors (Lipinski definition) is 4. The van der Waals surface area contributed by atoms with E-state index in [1.54, 1.807) is 24.4 Å². The van der Waals surface area contributed by atoms with Crippen molar-refractivity contribution in [2.45, 2.75) is 38.1 Å². The number of fused-ring (bicyclic) bond motifs is 1. The highest BCUT2D eigenvalue weighted by Gasteiger charge is 2.34. The molecule has 2 amide bonds. The Labute approximate surface area is 170 Å². The van der Waals surface area contributed by atoms with Crippen molar-refractivity contribution in [2.75, 3.05) is 5.32 Å². The highest BCUT2D eigenvalue weighted by Crippen LogP contribution is 2.32. The Morgan fingerprint density at radius 2 is 1.97 bits per heavy atom. The SMILES string of the molecule is O=C(NCc1ccc(C(F)(F)F)nc1OC1CCC1)Nc1cccc2ncccc12. The number of carbonyl (C=O) groups excluding carboxylic acids is 1. The van der Waals surface area contributed by atoms with Gasteiger partial charge in [0.1, 0.15) is 11.8 Å². The molecule has 1 fully saturated rings. The molecule has 9 heteroatoms. The van der Waals surface area contributed by atoms with E-state index in [1.807, 2.05) is 12.1 Å². The summed E-state index contributed by atoms with van der Waals surface area (Å²) in [6.07, 6.45) is -0.520. The van der Waals surface area contributed by atoms with E-state index in [9.17, 15) is 18.0 Å². The Kier molecular flexibility index (Phi) is 5.43. The van der Waals surface area contributed by atoms with Gasteiger partial charge in [0.05, 0.1) is 11.2 Å². The van der Waals surface area contributed by atoms with Crippen molar-refractivity contribution in [1.82, 2.24) is 15.3 Å². The van der Waals surface area contributed by atoms with Crippen molar-refractivity contribution in [3.05, 3.63) is 59.9 Å². The Bertz CT molecular complexity index is 1060. The molecule has 0 radical (unpaired) electrons. The molecular formula is C21H19F3N4O2. The van der Waals surface area contributed by atoms with Crippen LogP contribution in [0.1, 0.15) is 30.5 Å². The average Bonchev–Trinajstić information content (AvgIpc) is 2.69. The molecule has 2 heterocycles. The molecule has 1 aliphatic carbocycles. The molecule has 2 aromatic heterocycles. The number of aromatic nitrogens is 2. The van der Waals surface area contributed by atoms with E-state index in [1.165, 1.54) is 6.07 Å². The Balaban J connectivity index is 1.47. The molecule has 0 unspecified atom stereocenters. The number of benzene rings is 1. The first-order chi connectivity index (χ1) is 14.4. The summed E-state index contributed by atoms with van der Waals surface area (Å²) in [5.74, 6) is -0.0933. The van der Waals surface area contributed by atoms with Crippen LogP contribution in [-0.4, -0.2) is 22.1 Å². The molecule has 1 saturated carbocycles. The summed E-state index contributed by atoms with van der Waals surface area (Å²) in [7, 11) is 0. The molecule has 3 aromatic rings. The molecule has 1 aromatic carbocycles. The third-order valence-corrected chi connectivity index (χ3v) is 4.89. The predicted molar refractivity (Wildman–Crippen MR) is 105 cm³/mol. The minimum Gasteiger partial charge on any atom is -0.474 e. The van der Waals surface area contributed by atoms with Gasteiger partial charge in [-0.25, -0.2) is 9.78 Å². The van der Waals surface area contributed by atoms with Gasteiger partial charge in [0.15, 0.2) is 0 Å². The fourth-order valence-corrected chi connectivity index (χ4v) is 3.06. The number of anilines is 1. The summed E-state index contributed by atoms with van der Waals surface area (Å²) < 4.78 is 44.7. The van der Waals surface area contributed by atoms with Crippen LogP contribution in [0.4, 0.5) is 23.7 Å². The van der Waals surface area contributed by atoms with Crippen LogP contribution in [-0.2, 0) is 12.7 Å². The molecule has 0 saturated heterocycles. The topological polar surface area (TPSA) is 76.1 Å². The van der Waals surface area contributed by atoms with Gasteiger partial charge in [0.2, 0.25) is 5.88 Å². The monoisotopic (exact) mass is 416 g/mol. The number of pyridine rings is 2. The second-order valence-corrected chi connectivity index (χ2v) is 7.01. The lowest BCUT2D eigenvalue weighted by Gasteiger charge is -2.27. The first-order valence-electron chi connectivity index (χ1n) is 9.52. The maximum atomic E-state index is 13.0. The molecule has 0 bridgehead atoms. The normalized spacial score (nSPS) is 14.2. The maximum absolute atomic E-state index is 13.0. The summed E-state index contributed by atoms with van der Waals surface area (Å²) >= 11 is 0. The molecule has 0 atom stereocenters. The Hall–Kier alpha value is -3.36. The Morgan fingerprint density at radius 3 is 2.70 bits per heavy atom. The van der Waals surface area contributed by atoms with Crippen LogP contribution in [0.3, 0.4) is 0 Å². The van der Waals surface area contributed by atoms with Gasteiger partial charge in [-0.15, -0.1) is 0 Å². The molecule has 0 aliphatic heterocycles. The molecule has 0 spiro atoms. The van der Waals surface area contributed by atoms with Crippen LogP contribution in [0.5, 0.6) is 5.88 Å². The zero-order valence-corrected chi connectivity index (χ0v) is 15.9. The average molecular weight is 416 g/mol. The number of nitrogens with one attached hydrogen (secondary N) is 2. The second kappa shape index (κ2) is 8.17. The summed E-state index contributed by atoms with van der Waals surface area (Å²) in [6.45, 7) is -0.0258. The number of nitrogens with zero attached hydrogens (tertiary/aromatic N) is 2. The fourth-order valence-electron chi connectivity index (χ4n) is 3.06. The van der Waals surface area contributed by atoms with Gasteiger partial charge in [0.25, 0.3) is 0 Å². The van der Waals surface area contributed by atoms with Crippen LogP contribution in [0.25, 0.3) is 10.9 Å². The van der Waals surface area contributed by atoms with Crippen LogP contribution < -0.4 is 15.4 Å². The molecular weight excluding hydrogens is 397 g/mol. The number of carbonyl (C=O) groups is 1. The molecule has 156 valence electrons. The number of ether oxygens (including phenoxy) is 1. The van der Waals surface area contributed by atoms with Crippen molar-refractivity contribution in [1.29, 1.82) is 0 Å². The van der Waals surface area contributed by atoms with Gasteiger partial charge in [-0.05, 0) is 55.7 Å².